The smallest absolute Gasteiger partial charge is 0.125 e. The predicted octanol–water partition coefficient (Wildman–Crippen LogP) is 2.76. The highest BCUT2D eigenvalue weighted by Gasteiger charge is 2.10. The van der Waals surface area contributed by atoms with Gasteiger partial charge in [0.25, 0.3) is 0 Å². The van der Waals surface area contributed by atoms with Gasteiger partial charge in [-0.15, -0.1) is 0 Å². The van der Waals surface area contributed by atoms with Crippen LogP contribution < -0.4 is 4.72 Å². The minimum Gasteiger partial charge on any atom is -0.260 e. The minimum absolute atomic E-state index is 0.0478. The highest BCUT2D eigenvalue weighted by atomic mass is 32.2. The highest BCUT2D eigenvalue weighted by Crippen LogP contribution is 2.12. The maximum Gasteiger partial charge on any atom is 0.125 e. The van der Waals surface area contributed by atoms with Crippen molar-refractivity contribution in [2.45, 2.75) is 24.8 Å². The zero-order valence-corrected chi connectivity index (χ0v) is 11.3. The Labute approximate surface area is 110 Å². The topological polar surface area (TPSA) is 42.0 Å². The summed E-state index contributed by atoms with van der Waals surface area (Å²) in [5.41, 5.74) is 2.05. The van der Waals surface area contributed by atoms with E-state index in [2.05, 4.69) is 9.71 Å². The van der Waals surface area contributed by atoms with Gasteiger partial charge in [-0.3, -0.25) is 4.98 Å². The molecule has 1 heterocycles. The van der Waals surface area contributed by atoms with E-state index in [0.29, 0.717) is 0 Å². The van der Waals surface area contributed by atoms with Crippen LogP contribution >= 0.6 is 0 Å². The van der Waals surface area contributed by atoms with Crippen LogP contribution in [0.3, 0.4) is 0 Å². The van der Waals surface area contributed by atoms with Crippen LogP contribution in [0.2, 0.25) is 0 Å². The van der Waals surface area contributed by atoms with Crippen molar-refractivity contribution < 1.29 is 4.21 Å². The molecule has 3 nitrogen and oxygen atoms in total. The number of rotatable bonds is 4. The van der Waals surface area contributed by atoms with E-state index < -0.39 is 11.0 Å². The van der Waals surface area contributed by atoms with Crippen molar-refractivity contribution in [1.29, 1.82) is 0 Å². The van der Waals surface area contributed by atoms with E-state index in [-0.39, 0.29) is 6.04 Å². The molecule has 2 atom stereocenters. The van der Waals surface area contributed by atoms with Crippen LogP contribution in [0.25, 0.3) is 0 Å². The molecule has 0 saturated heterocycles. The molecule has 0 spiro atoms. The molecular weight excluding hydrogens is 244 g/mol. The normalized spacial score (nSPS) is 14.1. The van der Waals surface area contributed by atoms with Crippen molar-refractivity contribution >= 4 is 11.0 Å². The molecular formula is C14H16N2OS. The molecule has 4 heteroatoms. The van der Waals surface area contributed by atoms with Crippen LogP contribution in [0.15, 0.2) is 53.6 Å². The summed E-state index contributed by atoms with van der Waals surface area (Å²) in [5.74, 6) is 0. The first-order valence-electron chi connectivity index (χ1n) is 5.82. The SMILES string of the molecule is Cc1ccc(S(=O)N[C@H](C)c2ccccn2)cc1. The van der Waals surface area contributed by atoms with Crippen molar-refractivity contribution in [2.24, 2.45) is 0 Å². The van der Waals surface area contributed by atoms with Gasteiger partial charge < -0.3 is 0 Å². The Morgan fingerprint density at radius 3 is 2.50 bits per heavy atom. The summed E-state index contributed by atoms with van der Waals surface area (Å²) < 4.78 is 15.2. The molecule has 2 aromatic rings. The van der Waals surface area contributed by atoms with E-state index in [1.807, 2.05) is 56.3 Å². The van der Waals surface area contributed by atoms with Crippen LogP contribution in [-0.4, -0.2) is 9.19 Å². The molecule has 0 aliphatic carbocycles. The fourth-order valence-electron chi connectivity index (χ4n) is 1.58. The zero-order valence-electron chi connectivity index (χ0n) is 10.5. The Morgan fingerprint density at radius 1 is 1.17 bits per heavy atom. The number of nitrogens with one attached hydrogen (secondary N) is 1. The van der Waals surface area contributed by atoms with E-state index in [0.717, 1.165) is 16.2 Å². The predicted molar refractivity (Wildman–Crippen MR) is 73.4 cm³/mol. The van der Waals surface area contributed by atoms with Gasteiger partial charge in [-0.25, -0.2) is 8.93 Å². The van der Waals surface area contributed by atoms with Crippen LogP contribution in [0.4, 0.5) is 0 Å². The third kappa shape index (κ3) is 3.24. The third-order valence-electron chi connectivity index (χ3n) is 2.65. The van der Waals surface area contributed by atoms with Gasteiger partial charge in [0, 0.05) is 6.20 Å². The summed E-state index contributed by atoms with van der Waals surface area (Å²) >= 11 is 0. The minimum atomic E-state index is -1.21. The summed E-state index contributed by atoms with van der Waals surface area (Å²) in [7, 11) is -1.21. The van der Waals surface area contributed by atoms with Crippen molar-refractivity contribution in [3.05, 3.63) is 59.9 Å². The molecule has 0 aliphatic heterocycles. The van der Waals surface area contributed by atoms with Gasteiger partial charge >= 0.3 is 0 Å². The second-order valence-corrected chi connectivity index (χ2v) is 5.42. The largest absolute Gasteiger partial charge is 0.260 e. The summed E-state index contributed by atoms with van der Waals surface area (Å²) in [6, 6.07) is 13.3. The van der Waals surface area contributed by atoms with Gasteiger partial charge in [-0.1, -0.05) is 23.8 Å². The van der Waals surface area contributed by atoms with Crippen LogP contribution in [0.5, 0.6) is 0 Å². The highest BCUT2D eigenvalue weighted by molar-refractivity contribution is 7.83. The third-order valence-corrected chi connectivity index (χ3v) is 3.92. The van der Waals surface area contributed by atoms with Gasteiger partial charge in [0.1, 0.15) is 11.0 Å². The first-order chi connectivity index (χ1) is 8.66. The summed E-state index contributed by atoms with van der Waals surface area (Å²) in [4.78, 5) is 5.02. The Kier molecular flexibility index (Phi) is 4.23. The average Bonchev–Trinajstić information content (AvgIpc) is 2.40. The van der Waals surface area contributed by atoms with Gasteiger partial charge in [-0.05, 0) is 38.1 Å². The number of aromatic nitrogens is 1. The van der Waals surface area contributed by atoms with Crippen LogP contribution in [0, 0.1) is 6.92 Å². The van der Waals surface area contributed by atoms with Gasteiger partial charge in [-0.2, -0.15) is 0 Å². The maximum atomic E-state index is 12.1. The Morgan fingerprint density at radius 2 is 1.89 bits per heavy atom. The zero-order chi connectivity index (χ0) is 13.0. The van der Waals surface area contributed by atoms with Crippen molar-refractivity contribution in [1.82, 2.24) is 9.71 Å². The number of pyridine rings is 1. The van der Waals surface area contributed by atoms with Gasteiger partial charge in [0.2, 0.25) is 0 Å². The molecule has 0 saturated carbocycles. The molecule has 94 valence electrons. The number of aryl methyl sites for hydroxylation is 1. The molecule has 1 N–H and O–H groups in total. The molecule has 1 unspecified atom stereocenters. The lowest BCUT2D eigenvalue weighted by molar-refractivity contribution is 0.645. The van der Waals surface area contributed by atoms with E-state index >= 15 is 0 Å². The number of nitrogens with zero attached hydrogens (tertiary/aromatic N) is 1. The molecule has 2 rings (SSSR count). The van der Waals surface area contributed by atoms with Crippen LogP contribution in [0.1, 0.15) is 24.2 Å². The Hall–Kier alpha value is -1.52. The number of hydrogen-bond donors (Lipinski definition) is 1. The molecule has 0 radical (unpaired) electrons. The lowest BCUT2D eigenvalue weighted by Crippen LogP contribution is -2.22. The summed E-state index contributed by atoms with van der Waals surface area (Å²) in [6.07, 6.45) is 1.74. The second kappa shape index (κ2) is 5.89. The quantitative estimate of drug-likeness (QED) is 0.918. The average molecular weight is 260 g/mol. The van der Waals surface area contributed by atoms with E-state index in [9.17, 15) is 4.21 Å². The van der Waals surface area contributed by atoms with Crippen LogP contribution in [-0.2, 0) is 11.0 Å². The number of hydrogen-bond acceptors (Lipinski definition) is 2. The lowest BCUT2D eigenvalue weighted by Gasteiger charge is -2.12. The molecule has 0 aliphatic rings. The summed E-state index contributed by atoms with van der Waals surface area (Å²) in [6.45, 7) is 3.96. The fraction of sp³-hybridized carbons (Fsp3) is 0.214. The first kappa shape index (κ1) is 12.9. The molecule has 0 bridgehead atoms. The summed E-state index contributed by atoms with van der Waals surface area (Å²) in [5, 5.41) is 0. The van der Waals surface area contributed by atoms with Gasteiger partial charge in [0.15, 0.2) is 0 Å². The maximum absolute atomic E-state index is 12.1. The van der Waals surface area contributed by atoms with E-state index in [1.54, 1.807) is 6.20 Å². The van der Waals surface area contributed by atoms with Crippen molar-refractivity contribution in [3.63, 3.8) is 0 Å². The van der Waals surface area contributed by atoms with Crippen molar-refractivity contribution in [3.8, 4) is 0 Å². The Balaban J connectivity index is 2.06. The Bertz CT molecular complexity index is 525. The lowest BCUT2D eigenvalue weighted by atomic mass is 10.2. The molecule has 1 aromatic carbocycles. The monoisotopic (exact) mass is 260 g/mol. The van der Waals surface area contributed by atoms with E-state index in [1.165, 1.54) is 0 Å². The first-order valence-corrected chi connectivity index (χ1v) is 6.97. The van der Waals surface area contributed by atoms with Crippen molar-refractivity contribution in [2.75, 3.05) is 0 Å². The molecule has 0 amide bonds. The molecule has 0 fully saturated rings. The fourth-order valence-corrected chi connectivity index (χ4v) is 2.54. The molecule has 1 aromatic heterocycles. The second-order valence-electron chi connectivity index (χ2n) is 4.18. The van der Waals surface area contributed by atoms with Gasteiger partial charge in [0.05, 0.1) is 16.6 Å². The standard InChI is InChI=1S/C14H16N2OS/c1-11-6-8-13(9-7-11)18(17)16-12(2)14-5-3-4-10-15-14/h3-10,12,16H,1-2H3/t12-,18?/m1/s1. The van der Waals surface area contributed by atoms with E-state index in [4.69, 9.17) is 0 Å². The molecule has 18 heavy (non-hydrogen) atoms. The number of benzene rings is 1.